The highest BCUT2D eigenvalue weighted by Crippen LogP contribution is 2.37. The molecule has 0 saturated heterocycles. The molecule has 4 aromatic rings. The highest BCUT2D eigenvalue weighted by Gasteiger charge is 2.38. The van der Waals surface area contributed by atoms with E-state index >= 15 is 0 Å². The number of hydrogen-bond acceptors (Lipinski definition) is 6. The van der Waals surface area contributed by atoms with Gasteiger partial charge in [0.2, 0.25) is 0 Å². The van der Waals surface area contributed by atoms with Gasteiger partial charge in [-0.25, -0.2) is 0 Å². The van der Waals surface area contributed by atoms with Crippen LogP contribution in [0.5, 0.6) is 0 Å². The summed E-state index contributed by atoms with van der Waals surface area (Å²) in [6.07, 6.45) is -10.8. The predicted octanol–water partition coefficient (Wildman–Crippen LogP) is 8.50. The lowest BCUT2D eigenvalue weighted by Gasteiger charge is -2.29. The number of nitrogens with zero attached hydrogens (tertiary/aromatic N) is 1. The lowest BCUT2D eigenvalue weighted by atomic mass is 9.93. The average Bonchev–Trinajstić information content (AvgIpc) is 3.01. The van der Waals surface area contributed by atoms with E-state index < -0.39 is 81.1 Å². The van der Waals surface area contributed by atoms with Crippen LogP contribution in [0.15, 0.2) is 97.1 Å². The number of alkyl halides is 6. The highest BCUT2D eigenvalue weighted by atomic mass is 19.4. The number of hydrogen-bond donors (Lipinski definition) is 1. The Labute approximate surface area is 271 Å². The second-order valence-corrected chi connectivity index (χ2v) is 11.9. The van der Waals surface area contributed by atoms with Crippen molar-refractivity contribution in [3.8, 4) is 0 Å². The molecule has 1 atom stereocenters. The fourth-order valence-corrected chi connectivity index (χ4v) is 5.00. The molecule has 4 aromatic carbocycles. The van der Waals surface area contributed by atoms with Crippen LogP contribution in [0.2, 0.25) is 0 Å². The first-order valence-electron chi connectivity index (χ1n) is 14.5. The fourth-order valence-electron chi connectivity index (χ4n) is 5.00. The second kappa shape index (κ2) is 14.0. The van der Waals surface area contributed by atoms with E-state index in [9.17, 15) is 46.0 Å². The molecule has 0 saturated carbocycles. The van der Waals surface area contributed by atoms with Crippen molar-refractivity contribution in [2.24, 2.45) is 0 Å². The van der Waals surface area contributed by atoms with Gasteiger partial charge in [-0.15, -0.1) is 0 Å². The highest BCUT2D eigenvalue weighted by molar-refractivity contribution is 6.09. The van der Waals surface area contributed by atoms with E-state index in [0.29, 0.717) is 0 Å². The number of nitrogens with one attached hydrogen (secondary N) is 1. The first kappa shape index (κ1) is 35.8. The van der Waals surface area contributed by atoms with Crippen molar-refractivity contribution in [2.45, 2.75) is 57.2 Å². The lowest BCUT2D eigenvalue weighted by Crippen LogP contribution is -2.44. The Hall–Kier alpha value is -5.04. The quantitative estimate of drug-likeness (QED) is 0.0597. The van der Waals surface area contributed by atoms with E-state index in [0.717, 1.165) is 29.3 Å². The summed E-state index contributed by atoms with van der Waals surface area (Å²) < 4.78 is 86.6. The molecule has 0 amide bonds. The summed E-state index contributed by atoms with van der Waals surface area (Å²) in [5.74, 6) is -2.03. The summed E-state index contributed by atoms with van der Waals surface area (Å²) in [5.41, 5.74) is -4.94. The van der Waals surface area contributed by atoms with E-state index in [1.807, 2.05) is 24.3 Å². The summed E-state index contributed by atoms with van der Waals surface area (Å²) in [5, 5.41) is 15.3. The van der Waals surface area contributed by atoms with Crippen LogP contribution in [-0.2, 0) is 28.3 Å². The molecule has 0 aromatic heterocycles. The van der Waals surface area contributed by atoms with E-state index in [1.54, 1.807) is 57.2 Å². The third-order valence-corrected chi connectivity index (χ3v) is 7.14. The normalized spacial score (nSPS) is 12.9. The van der Waals surface area contributed by atoms with Gasteiger partial charge in [0.05, 0.1) is 22.1 Å². The molecule has 0 bridgehead atoms. The van der Waals surface area contributed by atoms with Crippen LogP contribution in [0.4, 0.5) is 32.0 Å². The number of halogens is 6. The van der Waals surface area contributed by atoms with E-state index in [4.69, 9.17) is 4.74 Å². The Bertz CT molecular complexity index is 1710. The number of rotatable bonds is 10. The number of carbonyl (C=O) groups excluding carboxylic acids is 2. The summed E-state index contributed by atoms with van der Waals surface area (Å²) >= 11 is 0. The van der Waals surface area contributed by atoms with Crippen LogP contribution in [0.25, 0.3) is 0 Å². The Morgan fingerprint density at radius 1 is 0.750 bits per heavy atom. The SMILES string of the molecule is CC(C)(C)OC(=O)C(Cc1cc(C(=O)c2cc(C(F)(F)F)cc(C(F)(F)F)c2)ccc1[N+](=O)[O-])NC(c1ccccc1)c1ccccc1. The second-order valence-electron chi connectivity index (χ2n) is 11.9. The van der Waals surface area contributed by atoms with E-state index in [-0.39, 0.29) is 23.8 Å². The van der Waals surface area contributed by atoms with Gasteiger partial charge in [0, 0.05) is 29.2 Å². The molecule has 0 heterocycles. The van der Waals surface area contributed by atoms with Gasteiger partial charge in [0.15, 0.2) is 5.78 Å². The number of nitro groups is 1. The third-order valence-electron chi connectivity index (χ3n) is 7.14. The summed E-state index contributed by atoms with van der Waals surface area (Å²) in [6, 6.07) is 19.4. The molecule has 48 heavy (non-hydrogen) atoms. The van der Waals surface area contributed by atoms with Crippen LogP contribution in [0.3, 0.4) is 0 Å². The number of carbonyl (C=O) groups is 2. The molecular weight excluding hydrogens is 642 g/mol. The van der Waals surface area contributed by atoms with Gasteiger partial charge in [-0.2, -0.15) is 26.3 Å². The molecule has 4 rings (SSSR count). The minimum absolute atomic E-state index is 0.106. The van der Waals surface area contributed by atoms with Gasteiger partial charge in [-0.1, -0.05) is 60.7 Å². The average molecular weight is 673 g/mol. The zero-order valence-electron chi connectivity index (χ0n) is 25.9. The Morgan fingerprint density at radius 2 is 1.25 bits per heavy atom. The summed E-state index contributed by atoms with van der Waals surface area (Å²) in [4.78, 5) is 38.3. The van der Waals surface area contributed by atoms with E-state index in [1.165, 1.54) is 0 Å². The van der Waals surface area contributed by atoms with E-state index in [2.05, 4.69) is 5.32 Å². The lowest BCUT2D eigenvalue weighted by molar-refractivity contribution is -0.385. The van der Waals surface area contributed by atoms with Gasteiger partial charge >= 0.3 is 18.3 Å². The smallest absolute Gasteiger partial charge is 0.416 e. The molecule has 1 unspecified atom stereocenters. The number of ketones is 1. The zero-order valence-corrected chi connectivity index (χ0v) is 25.9. The van der Waals surface area contributed by atoms with Crippen LogP contribution < -0.4 is 5.32 Å². The molecule has 0 aliphatic carbocycles. The molecule has 0 aliphatic heterocycles. The van der Waals surface area contributed by atoms with Crippen LogP contribution >= 0.6 is 0 Å². The van der Waals surface area contributed by atoms with Crippen LogP contribution in [0, 0.1) is 10.1 Å². The number of nitro benzene ring substituents is 1. The van der Waals surface area contributed by atoms with Crippen molar-refractivity contribution in [1.82, 2.24) is 5.32 Å². The minimum Gasteiger partial charge on any atom is -0.459 e. The van der Waals surface area contributed by atoms with Crippen molar-refractivity contribution in [3.05, 3.63) is 146 Å². The first-order chi connectivity index (χ1) is 22.3. The molecule has 1 N–H and O–H groups in total. The molecule has 7 nitrogen and oxygen atoms in total. The van der Waals surface area contributed by atoms with Crippen LogP contribution in [-0.4, -0.2) is 28.3 Å². The van der Waals surface area contributed by atoms with Crippen LogP contribution in [0.1, 0.15) is 70.6 Å². The summed E-state index contributed by atoms with van der Waals surface area (Å²) in [7, 11) is 0. The molecule has 0 spiro atoms. The molecule has 252 valence electrons. The van der Waals surface area contributed by atoms with Crippen molar-refractivity contribution in [2.75, 3.05) is 0 Å². The molecule has 0 aliphatic rings. The molecule has 0 fully saturated rings. The minimum atomic E-state index is -5.20. The Morgan fingerprint density at radius 3 is 1.69 bits per heavy atom. The number of esters is 1. The van der Waals surface area contributed by atoms with Gasteiger partial charge < -0.3 is 4.74 Å². The largest absolute Gasteiger partial charge is 0.459 e. The Kier molecular flexibility index (Phi) is 10.4. The molecule has 13 heteroatoms. The number of ether oxygens (including phenoxy) is 1. The fraction of sp³-hybridized carbons (Fsp3) is 0.257. The van der Waals surface area contributed by atoms with Gasteiger partial charge in [0.25, 0.3) is 5.69 Å². The molecule has 0 radical (unpaired) electrons. The predicted molar refractivity (Wildman–Crippen MR) is 164 cm³/mol. The number of benzene rings is 4. The van der Waals surface area contributed by atoms with Gasteiger partial charge in [-0.3, -0.25) is 25.0 Å². The molecular formula is C35H30F6N2O5. The van der Waals surface area contributed by atoms with Gasteiger partial charge in [0.1, 0.15) is 11.6 Å². The monoisotopic (exact) mass is 672 g/mol. The van der Waals surface area contributed by atoms with Crippen molar-refractivity contribution in [1.29, 1.82) is 0 Å². The van der Waals surface area contributed by atoms with Gasteiger partial charge in [-0.05, 0) is 62.2 Å². The van der Waals surface area contributed by atoms with Crippen molar-refractivity contribution < 1.29 is 45.6 Å². The maximum Gasteiger partial charge on any atom is 0.416 e. The first-order valence-corrected chi connectivity index (χ1v) is 14.5. The third kappa shape index (κ3) is 9.06. The standard InChI is InChI=1S/C35H30F6N2O5/c1-33(2,3)48-32(45)28(42-30(21-10-6-4-7-11-21)22-12-8-5-9-13-22)19-24-16-23(14-15-29(24)43(46)47)31(44)25-17-26(34(36,37)38)20-27(18-25)35(39,40)41/h4-18,20,28,30,42H,19H2,1-3H3. The maximum absolute atomic E-state index is 13.6. The van der Waals surface area contributed by atoms with Crippen molar-refractivity contribution in [3.63, 3.8) is 0 Å². The summed E-state index contributed by atoms with van der Waals surface area (Å²) in [6.45, 7) is 4.87. The maximum atomic E-state index is 13.6. The zero-order chi connectivity index (χ0) is 35.4. The Balaban J connectivity index is 1.81. The topological polar surface area (TPSA) is 98.5 Å². The van der Waals surface area contributed by atoms with Crippen molar-refractivity contribution >= 4 is 17.4 Å².